The van der Waals surface area contributed by atoms with Crippen LogP contribution in [0.15, 0.2) is 18.2 Å². The molecule has 0 aliphatic rings. The molecule has 11 heteroatoms. The number of nitrogens with one attached hydrogen (secondary N) is 1. The average molecular weight is 378 g/mol. The lowest BCUT2D eigenvalue weighted by Crippen LogP contribution is -2.33. The second-order valence-electron chi connectivity index (χ2n) is 5.37. The molecule has 0 aromatic heterocycles. The molecule has 8 nitrogen and oxygen atoms in total. The highest BCUT2D eigenvalue weighted by molar-refractivity contribution is 5.98. The molecule has 0 aliphatic heterocycles. The first-order valence-corrected chi connectivity index (χ1v) is 7.54. The van der Waals surface area contributed by atoms with Crippen molar-refractivity contribution in [2.45, 2.75) is 25.9 Å². The maximum absolute atomic E-state index is 12.2. The van der Waals surface area contributed by atoms with Crippen LogP contribution < -0.4 is 10.1 Å². The molecule has 0 saturated carbocycles. The quantitative estimate of drug-likeness (QED) is 0.504. The van der Waals surface area contributed by atoms with Crippen molar-refractivity contribution >= 4 is 17.6 Å². The molecule has 0 saturated heterocycles. The van der Waals surface area contributed by atoms with Crippen molar-refractivity contribution in [3.05, 3.63) is 33.9 Å². The van der Waals surface area contributed by atoms with Crippen molar-refractivity contribution in [2.24, 2.45) is 5.92 Å². The Balaban J connectivity index is 2.97. The number of ether oxygens (including phenoxy) is 1. The third-order valence-electron chi connectivity index (χ3n) is 3.31. The summed E-state index contributed by atoms with van der Waals surface area (Å²) in [6.07, 6.45) is -3.78. The third kappa shape index (κ3) is 6.57. The van der Waals surface area contributed by atoms with Crippen LogP contribution in [0.1, 0.15) is 30.1 Å². The number of hydrogen-bond donors (Lipinski definition) is 2. The zero-order chi connectivity index (χ0) is 19.9. The van der Waals surface area contributed by atoms with Crippen LogP contribution in [-0.4, -0.2) is 41.2 Å². The standard InChI is InChI=1S/C15H17F3N2O6/c1-2-3-9(14(22)23)7-19-13(21)11-6-10(26-8-15(16,17)18)4-5-12(11)20(24)25/h4-6,9H,2-3,7-8H2,1H3,(H,19,21)(H,22,23). The minimum Gasteiger partial charge on any atom is -0.484 e. The molecule has 0 spiro atoms. The number of nitrogens with zero attached hydrogens (tertiary/aromatic N) is 1. The van der Waals surface area contributed by atoms with Crippen LogP contribution in [0.5, 0.6) is 5.75 Å². The molecule has 26 heavy (non-hydrogen) atoms. The molecule has 1 aromatic rings. The van der Waals surface area contributed by atoms with Gasteiger partial charge in [0, 0.05) is 12.6 Å². The second kappa shape index (κ2) is 9.02. The Bertz CT molecular complexity index is 678. The van der Waals surface area contributed by atoms with Gasteiger partial charge in [-0.3, -0.25) is 19.7 Å². The van der Waals surface area contributed by atoms with Crippen molar-refractivity contribution in [1.29, 1.82) is 0 Å². The minimum atomic E-state index is -4.61. The van der Waals surface area contributed by atoms with Crippen LogP contribution in [0.25, 0.3) is 0 Å². The number of rotatable bonds is 9. The number of amides is 1. The summed E-state index contributed by atoms with van der Waals surface area (Å²) in [5, 5.41) is 22.3. The molecule has 2 N–H and O–H groups in total. The van der Waals surface area contributed by atoms with Gasteiger partial charge in [0.25, 0.3) is 11.6 Å². The molecule has 1 unspecified atom stereocenters. The summed E-state index contributed by atoms with van der Waals surface area (Å²) in [6, 6.07) is 2.61. The number of carbonyl (C=O) groups excluding carboxylic acids is 1. The van der Waals surface area contributed by atoms with E-state index in [1.807, 2.05) is 0 Å². The zero-order valence-corrected chi connectivity index (χ0v) is 13.7. The van der Waals surface area contributed by atoms with Crippen LogP contribution >= 0.6 is 0 Å². The Labute approximate surface area is 146 Å². The molecule has 144 valence electrons. The van der Waals surface area contributed by atoms with Crippen LogP contribution in [0.4, 0.5) is 18.9 Å². The van der Waals surface area contributed by atoms with Crippen LogP contribution in [0, 0.1) is 16.0 Å². The van der Waals surface area contributed by atoms with Crippen molar-refractivity contribution in [2.75, 3.05) is 13.2 Å². The number of halogens is 3. The highest BCUT2D eigenvalue weighted by Gasteiger charge is 2.29. The van der Waals surface area contributed by atoms with Gasteiger partial charge in [-0.05, 0) is 18.6 Å². The number of carboxylic acid groups (broad SMARTS) is 1. The molecule has 1 amide bonds. The van der Waals surface area contributed by atoms with Crippen LogP contribution in [-0.2, 0) is 4.79 Å². The summed E-state index contributed by atoms with van der Waals surface area (Å²) in [6.45, 7) is -0.139. The van der Waals surface area contributed by atoms with E-state index in [-0.39, 0.29) is 18.7 Å². The van der Waals surface area contributed by atoms with Crippen molar-refractivity contribution < 1.29 is 37.5 Å². The number of carbonyl (C=O) groups is 2. The Kier molecular flexibility index (Phi) is 7.35. The van der Waals surface area contributed by atoms with Crippen molar-refractivity contribution in [1.82, 2.24) is 5.32 Å². The van der Waals surface area contributed by atoms with E-state index in [2.05, 4.69) is 10.1 Å². The molecule has 0 aliphatic carbocycles. The van der Waals surface area contributed by atoms with Gasteiger partial charge in [0.05, 0.1) is 10.8 Å². The van der Waals surface area contributed by atoms with E-state index >= 15 is 0 Å². The van der Waals surface area contributed by atoms with Gasteiger partial charge < -0.3 is 15.2 Å². The predicted molar refractivity (Wildman–Crippen MR) is 83.0 cm³/mol. The highest BCUT2D eigenvalue weighted by atomic mass is 19.4. The number of aliphatic carboxylic acids is 1. The van der Waals surface area contributed by atoms with Gasteiger partial charge in [0.1, 0.15) is 11.3 Å². The van der Waals surface area contributed by atoms with E-state index in [4.69, 9.17) is 5.11 Å². The summed E-state index contributed by atoms with van der Waals surface area (Å²) in [7, 11) is 0. The molecule has 1 aromatic carbocycles. The lowest BCUT2D eigenvalue weighted by Gasteiger charge is -2.13. The first-order chi connectivity index (χ1) is 12.0. The summed E-state index contributed by atoms with van der Waals surface area (Å²) in [5.74, 6) is -3.37. The fourth-order valence-electron chi connectivity index (χ4n) is 2.08. The van der Waals surface area contributed by atoms with Gasteiger partial charge in [-0.25, -0.2) is 0 Å². The lowest BCUT2D eigenvalue weighted by molar-refractivity contribution is -0.385. The molecule has 0 fully saturated rings. The largest absolute Gasteiger partial charge is 0.484 e. The minimum absolute atomic E-state index is 0.271. The maximum atomic E-state index is 12.2. The number of carboxylic acids is 1. The van der Waals surface area contributed by atoms with Crippen LogP contribution in [0.2, 0.25) is 0 Å². The molecule has 1 rings (SSSR count). The zero-order valence-electron chi connectivity index (χ0n) is 13.7. The van der Waals surface area contributed by atoms with Crippen LogP contribution in [0.3, 0.4) is 0 Å². The Morgan fingerprint density at radius 2 is 2.04 bits per heavy atom. The second-order valence-corrected chi connectivity index (χ2v) is 5.37. The molecule has 0 heterocycles. The Hall–Kier alpha value is -2.85. The van der Waals surface area contributed by atoms with Crippen molar-refractivity contribution in [3.8, 4) is 5.75 Å². The molecule has 1 atom stereocenters. The van der Waals surface area contributed by atoms with Gasteiger partial charge in [0.15, 0.2) is 6.61 Å². The number of hydrogen-bond acceptors (Lipinski definition) is 5. The predicted octanol–water partition coefficient (Wildman–Crippen LogP) is 2.77. The summed E-state index contributed by atoms with van der Waals surface area (Å²) >= 11 is 0. The Morgan fingerprint density at radius 1 is 1.38 bits per heavy atom. The van der Waals surface area contributed by atoms with E-state index < -0.39 is 46.8 Å². The highest BCUT2D eigenvalue weighted by Crippen LogP contribution is 2.26. The Morgan fingerprint density at radius 3 is 2.54 bits per heavy atom. The van der Waals surface area contributed by atoms with E-state index in [1.54, 1.807) is 6.92 Å². The summed E-state index contributed by atoms with van der Waals surface area (Å²) < 4.78 is 41.1. The van der Waals surface area contributed by atoms with Gasteiger partial charge in [-0.1, -0.05) is 13.3 Å². The topological polar surface area (TPSA) is 119 Å². The molecule has 0 radical (unpaired) electrons. The van der Waals surface area contributed by atoms with Gasteiger partial charge in [0.2, 0.25) is 0 Å². The SMILES string of the molecule is CCCC(CNC(=O)c1cc(OCC(F)(F)F)ccc1[N+](=O)[O-])C(=O)O. The van der Waals surface area contributed by atoms with Crippen molar-refractivity contribution in [3.63, 3.8) is 0 Å². The smallest absolute Gasteiger partial charge is 0.422 e. The number of alkyl halides is 3. The fourth-order valence-corrected chi connectivity index (χ4v) is 2.08. The summed E-state index contributed by atoms with van der Waals surface area (Å²) in [5.41, 5.74) is -1.15. The fraction of sp³-hybridized carbons (Fsp3) is 0.467. The average Bonchev–Trinajstić information content (AvgIpc) is 2.55. The normalized spacial score (nSPS) is 12.3. The number of benzene rings is 1. The lowest BCUT2D eigenvalue weighted by atomic mass is 10.0. The van der Waals surface area contributed by atoms with Gasteiger partial charge in [-0.2, -0.15) is 13.2 Å². The third-order valence-corrected chi connectivity index (χ3v) is 3.31. The first kappa shape index (κ1) is 21.2. The first-order valence-electron chi connectivity index (χ1n) is 7.54. The van der Waals surface area contributed by atoms with Gasteiger partial charge in [-0.15, -0.1) is 0 Å². The van der Waals surface area contributed by atoms with E-state index in [1.165, 1.54) is 0 Å². The molecular formula is C15H17F3N2O6. The molecular weight excluding hydrogens is 361 g/mol. The number of nitro groups is 1. The van der Waals surface area contributed by atoms with Gasteiger partial charge >= 0.3 is 12.1 Å². The summed E-state index contributed by atoms with van der Waals surface area (Å²) in [4.78, 5) is 33.4. The van der Waals surface area contributed by atoms with E-state index in [9.17, 15) is 32.9 Å². The van der Waals surface area contributed by atoms with E-state index in [0.29, 0.717) is 6.42 Å². The monoisotopic (exact) mass is 378 g/mol. The molecule has 0 bridgehead atoms. The number of nitro benzene ring substituents is 1. The van der Waals surface area contributed by atoms with E-state index in [0.717, 1.165) is 18.2 Å². The maximum Gasteiger partial charge on any atom is 0.422 e.